The third kappa shape index (κ3) is 4.95. The first-order chi connectivity index (χ1) is 16.7. The molecule has 3 heterocycles. The van der Waals surface area contributed by atoms with Crippen LogP contribution in [-0.4, -0.2) is 33.2 Å². The molecule has 8 heteroatoms. The van der Waals surface area contributed by atoms with E-state index in [2.05, 4.69) is 28.1 Å². The van der Waals surface area contributed by atoms with Crippen LogP contribution in [-0.2, 0) is 19.5 Å². The van der Waals surface area contributed by atoms with E-state index in [1.807, 2.05) is 53.1 Å². The minimum atomic E-state index is -0.124. The fourth-order valence-electron chi connectivity index (χ4n) is 4.86. The minimum Gasteiger partial charge on any atom is -0.355 e. The molecular weight excluding hydrogens is 460 g/mol. The molecule has 5 rings (SSSR count). The van der Waals surface area contributed by atoms with E-state index < -0.39 is 0 Å². The molecule has 1 fully saturated rings. The monoisotopic (exact) mass is 488 g/mol. The Labute approximate surface area is 210 Å². The van der Waals surface area contributed by atoms with Crippen LogP contribution in [0.4, 0.5) is 5.82 Å². The quantitative estimate of drug-likeness (QED) is 0.446. The fraction of sp³-hybridized carbons (Fsp3) is 0.296. The van der Waals surface area contributed by atoms with Crippen molar-refractivity contribution in [3.05, 3.63) is 94.0 Å². The van der Waals surface area contributed by atoms with E-state index in [-0.39, 0.29) is 24.0 Å². The molecule has 35 heavy (non-hydrogen) atoms. The number of hydrogen-bond acceptors (Lipinski definition) is 5. The van der Waals surface area contributed by atoms with Crippen LogP contribution in [0.2, 0.25) is 0 Å². The molecule has 0 amide bonds. The number of rotatable bonds is 6. The van der Waals surface area contributed by atoms with E-state index in [1.165, 1.54) is 0 Å². The first-order valence-electron chi connectivity index (χ1n) is 11.8. The molecule has 4 aromatic rings. The molecule has 7 nitrogen and oxygen atoms in total. The molecule has 1 atom stereocenters. The van der Waals surface area contributed by atoms with E-state index >= 15 is 0 Å². The summed E-state index contributed by atoms with van der Waals surface area (Å²) in [4.78, 5) is 20.5. The van der Waals surface area contributed by atoms with Crippen LogP contribution in [0.25, 0.3) is 11.0 Å². The molecule has 0 radical (unpaired) electrons. The predicted molar refractivity (Wildman–Crippen MR) is 141 cm³/mol. The molecule has 0 spiro atoms. The second kappa shape index (κ2) is 10.8. The summed E-state index contributed by atoms with van der Waals surface area (Å²) in [6, 6.07) is 22.5. The Morgan fingerprint density at radius 1 is 1.06 bits per heavy atom. The zero-order chi connectivity index (χ0) is 23.5. The maximum Gasteiger partial charge on any atom is 0.277 e. The van der Waals surface area contributed by atoms with Gasteiger partial charge < -0.3 is 15.2 Å². The van der Waals surface area contributed by atoms with Crippen molar-refractivity contribution in [2.45, 2.75) is 38.4 Å². The first-order valence-corrected chi connectivity index (χ1v) is 11.8. The number of benzene rings is 2. The van der Waals surface area contributed by atoms with Crippen molar-refractivity contribution in [1.82, 2.24) is 14.1 Å². The van der Waals surface area contributed by atoms with Gasteiger partial charge >= 0.3 is 0 Å². The third-order valence-corrected chi connectivity index (χ3v) is 6.54. The number of nitrogens with two attached hydrogens (primary N) is 1. The highest BCUT2D eigenvalue weighted by Gasteiger charge is 2.28. The molecule has 0 saturated carbocycles. The average molecular weight is 489 g/mol. The zero-order valence-electron chi connectivity index (χ0n) is 19.5. The summed E-state index contributed by atoms with van der Waals surface area (Å²) in [6.07, 6.45) is 4.22. The number of aromatic nitrogens is 3. The second-order valence-electron chi connectivity index (χ2n) is 8.91. The normalized spacial score (nSPS) is 15.5. The van der Waals surface area contributed by atoms with Crippen molar-refractivity contribution in [2.75, 3.05) is 18.0 Å². The van der Waals surface area contributed by atoms with Crippen molar-refractivity contribution in [3.8, 4) is 6.07 Å². The molecular formula is C27H29ClN6O. The van der Waals surface area contributed by atoms with Crippen molar-refractivity contribution < 1.29 is 0 Å². The summed E-state index contributed by atoms with van der Waals surface area (Å²) in [7, 11) is 0. The van der Waals surface area contributed by atoms with E-state index in [0.717, 1.165) is 42.8 Å². The largest absolute Gasteiger partial charge is 0.355 e. The van der Waals surface area contributed by atoms with Crippen LogP contribution < -0.4 is 16.2 Å². The van der Waals surface area contributed by atoms with Crippen molar-refractivity contribution in [1.29, 1.82) is 5.26 Å². The van der Waals surface area contributed by atoms with Gasteiger partial charge in [-0.2, -0.15) is 5.26 Å². The summed E-state index contributed by atoms with van der Waals surface area (Å²) < 4.78 is 3.64. The van der Waals surface area contributed by atoms with Gasteiger partial charge in [-0.3, -0.25) is 9.36 Å². The van der Waals surface area contributed by atoms with Crippen molar-refractivity contribution >= 4 is 29.3 Å². The van der Waals surface area contributed by atoms with Crippen LogP contribution in [0, 0.1) is 11.3 Å². The lowest BCUT2D eigenvalue weighted by Crippen LogP contribution is -2.44. The Hall–Kier alpha value is -3.60. The number of nitrogens with zero attached hydrogens (tertiary/aromatic N) is 5. The summed E-state index contributed by atoms with van der Waals surface area (Å²) in [5, 5.41) is 10.1. The number of hydrogen-bond donors (Lipinski definition) is 1. The van der Waals surface area contributed by atoms with Crippen LogP contribution >= 0.6 is 12.4 Å². The van der Waals surface area contributed by atoms with Crippen molar-refractivity contribution in [3.63, 3.8) is 0 Å². The van der Waals surface area contributed by atoms with Gasteiger partial charge in [-0.25, -0.2) is 4.98 Å². The van der Waals surface area contributed by atoms with Crippen LogP contribution in [0.5, 0.6) is 0 Å². The van der Waals surface area contributed by atoms with E-state index in [4.69, 9.17) is 5.73 Å². The van der Waals surface area contributed by atoms with E-state index in [1.54, 1.807) is 10.9 Å². The molecule has 1 aliphatic rings. The number of halogens is 1. The van der Waals surface area contributed by atoms with Gasteiger partial charge in [0.1, 0.15) is 28.5 Å². The average Bonchev–Trinajstić information content (AvgIpc) is 3.18. The Bertz CT molecular complexity index is 1390. The predicted octanol–water partition coefficient (Wildman–Crippen LogP) is 3.71. The van der Waals surface area contributed by atoms with Crippen LogP contribution in [0.3, 0.4) is 0 Å². The van der Waals surface area contributed by atoms with Gasteiger partial charge in [0.15, 0.2) is 0 Å². The molecule has 2 aromatic carbocycles. The number of fused-ring (bicyclic) bond motifs is 1. The van der Waals surface area contributed by atoms with Gasteiger partial charge in [-0.1, -0.05) is 60.7 Å². The number of piperidine rings is 1. The molecule has 180 valence electrons. The Morgan fingerprint density at radius 2 is 1.74 bits per heavy atom. The SMILES string of the molecule is Cl.N#Cc1c(N2CCCC(N)C2)n(Cc2ccccc2)c2c(=O)n(CCc3ccccc3)cnc12. The molecule has 1 unspecified atom stereocenters. The highest BCUT2D eigenvalue weighted by molar-refractivity contribution is 5.89. The first kappa shape index (κ1) is 24.5. The molecule has 1 saturated heterocycles. The lowest BCUT2D eigenvalue weighted by Gasteiger charge is -2.33. The lowest BCUT2D eigenvalue weighted by molar-refractivity contribution is 0.498. The Kier molecular flexibility index (Phi) is 7.54. The summed E-state index contributed by atoms with van der Waals surface area (Å²) >= 11 is 0. The van der Waals surface area contributed by atoms with Gasteiger partial charge in [0.05, 0.1) is 6.33 Å². The standard InChI is InChI=1S/C27H28N6O.ClH/c28-16-23-24-25(27(34)32(19-30-24)15-13-20-8-3-1-4-9-20)33(17-21-10-5-2-6-11-21)26(23)31-14-7-12-22(29)18-31;/h1-6,8-11,19,22H,7,12-15,17-18,29H2;1H. The molecule has 0 bridgehead atoms. The topological polar surface area (TPSA) is 92.9 Å². The maximum absolute atomic E-state index is 13.7. The number of nitriles is 1. The minimum absolute atomic E-state index is 0. The Balaban J connectivity index is 0.00000289. The lowest BCUT2D eigenvalue weighted by atomic mass is 10.1. The van der Waals surface area contributed by atoms with Crippen LogP contribution in [0.1, 0.15) is 29.5 Å². The number of aryl methyl sites for hydroxylation is 2. The highest BCUT2D eigenvalue weighted by Crippen LogP contribution is 2.32. The zero-order valence-corrected chi connectivity index (χ0v) is 20.3. The molecule has 2 N–H and O–H groups in total. The van der Waals surface area contributed by atoms with Gasteiger partial charge in [0.2, 0.25) is 0 Å². The molecule has 1 aliphatic heterocycles. The highest BCUT2D eigenvalue weighted by atomic mass is 35.5. The van der Waals surface area contributed by atoms with E-state index in [9.17, 15) is 10.1 Å². The maximum atomic E-state index is 13.7. The summed E-state index contributed by atoms with van der Waals surface area (Å²) in [5.74, 6) is 0.752. The Morgan fingerprint density at radius 3 is 2.40 bits per heavy atom. The summed E-state index contributed by atoms with van der Waals surface area (Å²) in [5.41, 5.74) is 9.78. The van der Waals surface area contributed by atoms with Gasteiger partial charge in [-0.05, 0) is 30.4 Å². The second-order valence-corrected chi connectivity index (χ2v) is 8.91. The number of anilines is 1. The summed E-state index contributed by atoms with van der Waals surface area (Å²) in [6.45, 7) is 2.46. The van der Waals surface area contributed by atoms with Gasteiger partial charge in [0.25, 0.3) is 5.56 Å². The smallest absolute Gasteiger partial charge is 0.277 e. The van der Waals surface area contributed by atoms with E-state index in [0.29, 0.717) is 36.2 Å². The van der Waals surface area contributed by atoms with Gasteiger partial charge in [-0.15, -0.1) is 12.4 Å². The molecule has 0 aliphatic carbocycles. The third-order valence-electron chi connectivity index (χ3n) is 6.54. The van der Waals surface area contributed by atoms with Gasteiger partial charge in [0, 0.05) is 32.2 Å². The molecule has 2 aromatic heterocycles. The van der Waals surface area contributed by atoms with Crippen LogP contribution in [0.15, 0.2) is 71.8 Å². The van der Waals surface area contributed by atoms with Crippen molar-refractivity contribution in [2.24, 2.45) is 5.73 Å². The fourth-order valence-corrected chi connectivity index (χ4v) is 4.86.